The predicted molar refractivity (Wildman–Crippen MR) is 51.7 cm³/mol. The van der Waals surface area contributed by atoms with Gasteiger partial charge in [0.05, 0.1) is 0 Å². The van der Waals surface area contributed by atoms with Gasteiger partial charge in [-0.05, 0) is 26.7 Å². The van der Waals surface area contributed by atoms with Crippen molar-refractivity contribution in [2.75, 3.05) is 0 Å². The van der Waals surface area contributed by atoms with Crippen molar-refractivity contribution < 1.29 is 4.79 Å². The molecule has 0 aromatic heterocycles. The van der Waals surface area contributed by atoms with Crippen LogP contribution in [0.5, 0.6) is 0 Å². The minimum Gasteiger partial charge on any atom is -0.366 e. The lowest BCUT2D eigenvalue weighted by molar-refractivity contribution is -0.114. The third-order valence-electron chi connectivity index (χ3n) is 2.17. The summed E-state index contributed by atoms with van der Waals surface area (Å²) >= 11 is 0. The molecule has 1 amide bonds. The van der Waals surface area contributed by atoms with Crippen molar-refractivity contribution in [1.29, 1.82) is 0 Å². The lowest BCUT2D eigenvalue weighted by atomic mass is 10.0. The highest BCUT2D eigenvalue weighted by Crippen LogP contribution is 2.12. The number of hydrogen-bond donors (Lipinski definition) is 1. The Morgan fingerprint density at radius 1 is 1.25 bits per heavy atom. The molecule has 0 unspecified atom stereocenters. The number of carbonyl (C=O) groups is 1. The van der Waals surface area contributed by atoms with E-state index in [4.69, 9.17) is 5.73 Å². The lowest BCUT2D eigenvalue weighted by Gasteiger charge is -2.03. The molecule has 0 bridgehead atoms. The molecule has 0 saturated heterocycles. The largest absolute Gasteiger partial charge is 0.366 e. The highest BCUT2D eigenvalue weighted by Gasteiger charge is 2.01. The van der Waals surface area contributed by atoms with E-state index in [1.807, 2.05) is 6.92 Å². The highest BCUT2D eigenvalue weighted by atomic mass is 16.1. The molecule has 0 aliphatic carbocycles. The van der Waals surface area contributed by atoms with Gasteiger partial charge in [0.2, 0.25) is 5.91 Å². The van der Waals surface area contributed by atoms with Gasteiger partial charge in [-0.15, -0.1) is 0 Å². The molecule has 0 atom stereocenters. The van der Waals surface area contributed by atoms with E-state index in [2.05, 4.69) is 6.92 Å². The molecule has 0 heterocycles. The van der Waals surface area contributed by atoms with Crippen molar-refractivity contribution in [3.05, 3.63) is 11.1 Å². The van der Waals surface area contributed by atoms with Crippen molar-refractivity contribution in [3.8, 4) is 0 Å². The fraction of sp³-hybridized carbons (Fsp3) is 0.700. The second-order valence-corrected chi connectivity index (χ2v) is 3.23. The molecule has 0 fully saturated rings. The second-order valence-electron chi connectivity index (χ2n) is 3.23. The van der Waals surface area contributed by atoms with Gasteiger partial charge in [0.25, 0.3) is 0 Å². The number of unbranched alkanes of at least 4 members (excludes halogenated alkanes) is 2. The van der Waals surface area contributed by atoms with Gasteiger partial charge in [0, 0.05) is 5.57 Å². The van der Waals surface area contributed by atoms with E-state index in [0.29, 0.717) is 0 Å². The summed E-state index contributed by atoms with van der Waals surface area (Å²) in [5.41, 5.74) is 7.01. The summed E-state index contributed by atoms with van der Waals surface area (Å²) in [7, 11) is 0. The Morgan fingerprint density at radius 3 is 2.25 bits per heavy atom. The maximum absolute atomic E-state index is 10.7. The van der Waals surface area contributed by atoms with Crippen LogP contribution in [0.25, 0.3) is 0 Å². The molecule has 0 spiro atoms. The zero-order chi connectivity index (χ0) is 9.56. The number of carbonyl (C=O) groups excluding carboxylic acids is 1. The maximum Gasteiger partial charge on any atom is 0.244 e. The van der Waals surface area contributed by atoms with Gasteiger partial charge in [-0.2, -0.15) is 0 Å². The van der Waals surface area contributed by atoms with Gasteiger partial charge in [-0.25, -0.2) is 0 Å². The number of primary amides is 1. The summed E-state index contributed by atoms with van der Waals surface area (Å²) in [5.74, 6) is -0.288. The number of hydrogen-bond acceptors (Lipinski definition) is 1. The van der Waals surface area contributed by atoms with Crippen LogP contribution >= 0.6 is 0 Å². The molecule has 0 aliphatic rings. The van der Waals surface area contributed by atoms with E-state index >= 15 is 0 Å². The van der Waals surface area contributed by atoms with Crippen LogP contribution in [0, 0.1) is 0 Å². The highest BCUT2D eigenvalue weighted by molar-refractivity contribution is 5.91. The van der Waals surface area contributed by atoms with Crippen molar-refractivity contribution in [2.24, 2.45) is 5.73 Å². The fourth-order valence-electron chi connectivity index (χ4n) is 1.04. The first kappa shape index (κ1) is 11.2. The van der Waals surface area contributed by atoms with E-state index in [9.17, 15) is 4.79 Å². The minimum absolute atomic E-state index is 0.288. The van der Waals surface area contributed by atoms with Crippen molar-refractivity contribution in [3.63, 3.8) is 0 Å². The maximum atomic E-state index is 10.7. The molecule has 0 aromatic rings. The van der Waals surface area contributed by atoms with E-state index in [0.717, 1.165) is 24.0 Å². The molecule has 0 radical (unpaired) electrons. The van der Waals surface area contributed by atoms with Crippen LogP contribution in [0.2, 0.25) is 0 Å². The molecule has 70 valence electrons. The third-order valence-corrected chi connectivity index (χ3v) is 2.17. The Bertz CT molecular complexity index is 182. The first-order valence-corrected chi connectivity index (χ1v) is 4.55. The molecule has 2 N–H and O–H groups in total. The van der Waals surface area contributed by atoms with Gasteiger partial charge in [0.1, 0.15) is 0 Å². The zero-order valence-electron chi connectivity index (χ0n) is 8.31. The Morgan fingerprint density at radius 2 is 1.83 bits per heavy atom. The van der Waals surface area contributed by atoms with E-state index in [1.165, 1.54) is 12.8 Å². The van der Waals surface area contributed by atoms with E-state index in [1.54, 1.807) is 6.92 Å². The van der Waals surface area contributed by atoms with Crippen LogP contribution in [0.1, 0.15) is 46.5 Å². The summed E-state index contributed by atoms with van der Waals surface area (Å²) < 4.78 is 0. The topological polar surface area (TPSA) is 43.1 Å². The molecule has 0 rings (SSSR count). The molecule has 0 aromatic carbocycles. The summed E-state index contributed by atoms with van der Waals surface area (Å²) in [6.45, 7) is 5.94. The van der Waals surface area contributed by atoms with Gasteiger partial charge in [-0.1, -0.05) is 25.3 Å². The van der Waals surface area contributed by atoms with Gasteiger partial charge in [0.15, 0.2) is 0 Å². The normalized spacial score (nSPS) is 12.6. The standard InChI is InChI=1S/C10H19NO/c1-4-5-6-7-8(2)9(3)10(11)12/h4-7H2,1-3H3,(H2,11,12)/b9-8-. The van der Waals surface area contributed by atoms with Gasteiger partial charge in [-0.3, -0.25) is 4.79 Å². The van der Waals surface area contributed by atoms with Crippen LogP contribution in [0.4, 0.5) is 0 Å². The van der Waals surface area contributed by atoms with Gasteiger partial charge >= 0.3 is 0 Å². The lowest BCUT2D eigenvalue weighted by Crippen LogP contribution is -2.13. The van der Waals surface area contributed by atoms with Crippen LogP contribution in [-0.2, 0) is 4.79 Å². The van der Waals surface area contributed by atoms with Crippen LogP contribution in [-0.4, -0.2) is 5.91 Å². The van der Waals surface area contributed by atoms with Gasteiger partial charge < -0.3 is 5.73 Å². The van der Waals surface area contributed by atoms with E-state index in [-0.39, 0.29) is 5.91 Å². The molecular formula is C10H19NO. The van der Waals surface area contributed by atoms with Crippen molar-refractivity contribution in [1.82, 2.24) is 0 Å². The monoisotopic (exact) mass is 169 g/mol. The Balaban J connectivity index is 3.91. The molecule has 2 heteroatoms. The van der Waals surface area contributed by atoms with Crippen LogP contribution in [0.3, 0.4) is 0 Å². The Kier molecular flexibility index (Phi) is 5.43. The van der Waals surface area contributed by atoms with Crippen molar-refractivity contribution >= 4 is 5.91 Å². The summed E-state index contributed by atoms with van der Waals surface area (Å²) in [6.07, 6.45) is 4.60. The van der Waals surface area contributed by atoms with Crippen LogP contribution < -0.4 is 5.73 Å². The molecule has 2 nitrogen and oxygen atoms in total. The first-order valence-electron chi connectivity index (χ1n) is 4.55. The smallest absolute Gasteiger partial charge is 0.244 e. The third kappa shape index (κ3) is 4.16. The number of rotatable bonds is 5. The average Bonchev–Trinajstić information content (AvgIpc) is 2.03. The predicted octanol–water partition coefficient (Wildman–Crippen LogP) is 2.39. The molecular weight excluding hydrogens is 150 g/mol. The number of amides is 1. The molecule has 0 saturated carbocycles. The molecule has 12 heavy (non-hydrogen) atoms. The van der Waals surface area contributed by atoms with E-state index < -0.39 is 0 Å². The quantitative estimate of drug-likeness (QED) is 0.498. The minimum atomic E-state index is -0.288. The van der Waals surface area contributed by atoms with Crippen LogP contribution in [0.15, 0.2) is 11.1 Å². The molecule has 0 aliphatic heterocycles. The SMILES string of the molecule is CCCCC/C(C)=C(/C)C(N)=O. The Hall–Kier alpha value is -0.790. The fourth-order valence-corrected chi connectivity index (χ4v) is 1.04. The number of nitrogens with two attached hydrogens (primary N) is 1. The summed E-state index contributed by atoms with van der Waals surface area (Å²) in [4.78, 5) is 10.7. The van der Waals surface area contributed by atoms with Crippen molar-refractivity contribution in [2.45, 2.75) is 46.5 Å². The first-order chi connectivity index (χ1) is 5.59. The Labute approximate surface area is 74.8 Å². The second kappa shape index (κ2) is 5.81. The summed E-state index contributed by atoms with van der Waals surface area (Å²) in [6, 6.07) is 0. The number of allylic oxidation sites excluding steroid dienone is 1. The summed E-state index contributed by atoms with van der Waals surface area (Å²) in [5, 5.41) is 0. The zero-order valence-corrected chi connectivity index (χ0v) is 8.31. The average molecular weight is 169 g/mol.